The summed E-state index contributed by atoms with van der Waals surface area (Å²) < 4.78 is 0.863. The summed E-state index contributed by atoms with van der Waals surface area (Å²) in [4.78, 5) is 43.2. The first kappa shape index (κ1) is 21.3. The quantitative estimate of drug-likeness (QED) is 0.410. The summed E-state index contributed by atoms with van der Waals surface area (Å²) in [6.45, 7) is 3.81. The number of H-pyrrole nitrogens is 1. The van der Waals surface area contributed by atoms with E-state index in [0.717, 1.165) is 10.1 Å². The van der Waals surface area contributed by atoms with Gasteiger partial charge in [-0.2, -0.15) is 0 Å². The highest BCUT2D eigenvalue weighted by molar-refractivity contribution is 7.20. The number of aromatic amines is 1. The molecule has 0 saturated heterocycles. The van der Waals surface area contributed by atoms with E-state index in [0.29, 0.717) is 22.7 Å². The molecule has 9 heteroatoms. The first-order valence-corrected chi connectivity index (χ1v) is 10.2. The normalized spacial score (nSPS) is 12.4. The molecule has 1 aromatic carbocycles. The molecule has 0 aliphatic rings. The van der Waals surface area contributed by atoms with E-state index in [4.69, 9.17) is 0 Å². The number of rotatable bonds is 8. The number of anilines is 1. The lowest BCUT2D eigenvalue weighted by molar-refractivity contribution is -0.139. The van der Waals surface area contributed by atoms with Crippen molar-refractivity contribution in [2.75, 3.05) is 5.32 Å². The van der Waals surface area contributed by atoms with Gasteiger partial charge in [0.2, 0.25) is 5.91 Å². The molecule has 2 heterocycles. The van der Waals surface area contributed by atoms with Gasteiger partial charge in [-0.1, -0.05) is 13.8 Å². The van der Waals surface area contributed by atoms with Gasteiger partial charge in [-0.15, -0.1) is 11.3 Å². The van der Waals surface area contributed by atoms with Crippen LogP contribution in [0.5, 0.6) is 0 Å². The predicted octanol–water partition coefficient (Wildman–Crippen LogP) is 3.51. The average molecular weight is 426 g/mol. The zero-order valence-electron chi connectivity index (χ0n) is 16.5. The predicted molar refractivity (Wildman–Crippen MR) is 116 cm³/mol. The Kier molecular flexibility index (Phi) is 6.63. The number of nitrogens with zero attached hydrogens (tertiary/aromatic N) is 1. The maximum absolute atomic E-state index is 12.5. The smallest absolute Gasteiger partial charge is 0.326 e. The van der Waals surface area contributed by atoms with E-state index in [1.807, 2.05) is 19.9 Å². The molecule has 0 spiro atoms. The van der Waals surface area contributed by atoms with Crippen molar-refractivity contribution in [1.29, 1.82) is 0 Å². The minimum Gasteiger partial charge on any atom is -0.480 e. The summed E-state index contributed by atoms with van der Waals surface area (Å²) in [5.74, 6) is -1.62. The first-order valence-electron chi connectivity index (χ1n) is 9.36. The van der Waals surface area contributed by atoms with E-state index in [9.17, 15) is 19.5 Å². The fourth-order valence-electron chi connectivity index (χ4n) is 2.86. The Morgan fingerprint density at radius 3 is 2.73 bits per heavy atom. The number of aliphatic carboxylic acids is 1. The lowest BCUT2D eigenvalue weighted by Gasteiger charge is -2.15. The topological polar surface area (TPSA) is 124 Å². The van der Waals surface area contributed by atoms with Crippen LogP contribution >= 0.6 is 11.3 Å². The molecule has 30 heavy (non-hydrogen) atoms. The number of imidazole rings is 1. The number of aromatic nitrogens is 2. The van der Waals surface area contributed by atoms with Crippen molar-refractivity contribution in [3.8, 4) is 0 Å². The van der Waals surface area contributed by atoms with Crippen LogP contribution in [-0.4, -0.2) is 38.9 Å². The number of thiophene rings is 1. The standard InChI is InChI=1S/C21H22N4O4S/c1-12(2)7-16(21(28)29)25-20(27)18-9-13-8-14(3-5-17(13)30-18)24-19(26)6-4-15-10-22-11-23-15/h3-6,8-12,16H,7H2,1-2H3,(H,22,23)(H,24,26)(H,25,27)(H,28,29)/t16-/m0/s1. The minimum atomic E-state index is -1.05. The Morgan fingerprint density at radius 2 is 2.07 bits per heavy atom. The average Bonchev–Trinajstić information content (AvgIpc) is 3.34. The molecule has 0 aliphatic carbocycles. The Hall–Kier alpha value is -3.46. The van der Waals surface area contributed by atoms with E-state index in [1.165, 1.54) is 23.7 Å². The summed E-state index contributed by atoms with van der Waals surface area (Å²) in [5, 5.41) is 15.5. The Morgan fingerprint density at radius 1 is 1.27 bits per heavy atom. The molecule has 2 amide bonds. The zero-order chi connectivity index (χ0) is 21.7. The van der Waals surface area contributed by atoms with Crippen molar-refractivity contribution in [3.63, 3.8) is 0 Å². The SMILES string of the molecule is CC(C)C[C@H](NC(=O)c1cc2cc(NC(=O)C=Cc3cnc[nH]3)ccc2s1)C(=O)O. The van der Waals surface area contributed by atoms with E-state index < -0.39 is 17.9 Å². The molecule has 3 aromatic rings. The van der Waals surface area contributed by atoms with Crippen LogP contribution in [0.15, 0.2) is 42.9 Å². The molecule has 1 atom stereocenters. The second kappa shape index (κ2) is 9.36. The molecule has 0 radical (unpaired) electrons. The van der Waals surface area contributed by atoms with Gasteiger partial charge in [0.25, 0.3) is 5.91 Å². The number of carbonyl (C=O) groups is 3. The number of amides is 2. The van der Waals surface area contributed by atoms with E-state index >= 15 is 0 Å². The van der Waals surface area contributed by atoms with Crippen LogP contribution in [0, 0.1) is 5.92 Å². The molecular weight excluding hydrogens is 404 g/mol. The van der Waals surface area contributed by atoms with Crippen LogP contribution in [0.2, 0.25) is 0 Å². The number of carboxylic acid groups (broad SMARTS) is 1. The fourth-order valence-corrected chi connectivity index (χ4v) is 3.81. The summed E-state index contributed by atoms with van der Waals surface area (Å²) in [5.41, 5.74) is 1.31. The summed E-state index contributed by atoms with van der Waals surface area (Å²) >= 11 is 1.27. The molecule has 8 nitrogen and oxygen atoms in total. The van der Waals surface area contributed by atoms with Crippen molar-refractivity contribution in [2.45, 2.75) is 26.3 Å². The highest BCUT2D eigenvalue weighted by Gasteiger charge is 2.22. The van der Waals surface area contributed by atoms with Gasteiger partial charge in [0.05, 0.1) is 23.1 Å². The van der Waals surface area contributed by atoms with Crippen LogP contribution in [0.25, 0.3) is 16.2 Å². The van der Waals surface area contributed by atoms with Crippen LogP contribution in [0.1, 0.15) is 35.6 Å². The molecule has 4 N–H and O–H groups in total. The second-order valence-electron chi connectivity index (χ2n) is 7.19. The highest BCUT2D eigenvalue weighted by Crippen LogP contribution is 2.28. The fraction of sp³-hybridized carbons (Fsp3) is 0.238. The minimum absolute atomic E-state index is 0.141. The van der Waals surface area contributed by atoms with Crippen LogP contribution in [0.4, 0.5) is 5.69 Å². The van der Waals surface area contributed by atoms with E-state index in [2.05, 4.69) is 20.6 Å². The number of benzene rings is 1. The summed E-state index contributed by atoms with van der Waals surface area (Å²) in [6, 6.07) is 6.10. The van der Waals surface area contributed by atoms with Gasteiger partial charge in [0, 0.05) is 16.5 Å². The van der Waals surface area contributed by atoms with Gasteiger partial charge in [0.15, 0.2) is 0 Å². The maximum atomic E-state index is 12.5. The number of fused-ring (bicyclic) bond motifs is 1. The van der Waals surface area contributed by atoms with Crippen LogP contribution < -0.4 is 10.6 Å². The molecular formula is C21H22N4O4S. The molecule has 3 rings (SSSR count). The van der Waals surface area contributed by atoms with Crippen molar-refractivity contribution in [3.05, 3.63) is 53.4 Å². The first-order chi connectivity index (χ1) is 14.3. The zero-order valence-corrected chi connectivity index (χ0v) is 17.3. The Balaban J connectivity index is 1.69. The van der Waals surface area contributed by atoms with Crippen molar-refractivity contribution in [1.82, 2.24) is 15.3 Å². The number of hydrogen-bond donors (Lipinski definition) is 4. The third-order valence-electron chi connectivity index (χ3n) is 4.25. The van der Waals surface area contributed by atoms with Gasteiger partial charge >= 0.3 is 5.97 Å². The number of carboxylic acids is 1. The van der Waals surface area contributed by atoms with Gasteiger partial charge in [-0.3, -0.25) is 9.59 Å². The third-order valence-corrected chi connectivity index (χ3v) is 5.37. The van der Waals surface area contributed by atoms with Gasteiger partial charge in [-0.05, 0) is 48.1 Å². The molecule has 0 aliphatic heterocycles. The molecule has 0 bridgehead atoms. The van der Waals surface area contributed by atoms with Gasteiger partial charge < -0.3 is 20.7 Å². The van der Waals surface area contributed by atoms with Crippen molar-refractivity contribution in [2.24, 2.45) is 5.92 Å². The Bertz CT molecular complexity index is 1090. The van der Waals surface area contributed by atoms with Crippen LogP contribution in [0.3, 0.4) is 0 Å². The summed E-state index contributed by atoms with van der Waals surface area (Å²) in [7, 11) is 0. The second-order valence-corrected chi connectivity index (χ2v) is 8.27. The van der Waals surface area contributed by atoms with E-state index in [-0.39, 0.29) is 11.8 Å². The number of hydrogen-bond acceptors (Lipinski definition) is 5. The third kappa shape index (κ3) is 5.54. The van der Waals surface area contributed by atoms with E-state index in [1.54, 1.807) is 30.5 Å². The highest BCUT2D eigenvalue weighted by atomic mass is 32.1. The largest absolute Gasteiger partial charge is 0.480 e. The molecule has 2 aromatic heterocycles. The van der Waals surface area contributed by atoms with Crippen LogP contribution in [-0.2, 0) is 9.59 Å². The lowest BCUT2D eigenvalue weighted by atomic mass is 10.0. The Labute approximate surface area is 177 Å². The molecule has 0 saturated carbocycles. The van der Waals surface area contributed by atoms with Gasteiger partial charge in [0.1, 0.15) is 6.04 Å². The lowest BCUT2D eigenvalue weighted by Crippen LogP contribution is -2.41. The monoisotopic (exact) mass is 426 g/mol. The number of nitrogens with one attached hydrogen (secondary N) is 3. The number of carbonyl (C=O) groups excluding carboxylic acids is 2. The van der Waals surface area contributed by atoms with Gasteiger partial charge in [-0.25, -0.2) is 9.78 Å². The van der Waals surface area contributed by atoms with Crippen molar-refractivity contribution >= 4 is 51.0 Å². The molecule has 156 valence electrons. The molecule has 0 unspecified atom stereocenters. The summed E-state index contributed by atoms with van der Waals surface area (Å²) in [6.07, 6.45) is 6.49. The molecule has 0 fully saturated rings. The van der Waals surface area contributed by atoms with Crippen molar-refractivity contribution < 1.29 is 19.5 Å². The maximum Gasteiger partial charge on any atom is 0.326 e.